The molecular formula is C21H21N5O3S2. The normalized spacial score (nSPS) is 11.7. The summed E-state index contributed by atoms with van der Waals surface area (Å²) in [5.74, 6) is -0.350. The fourth-order valence-electron chi connectivity index (χ4n) is 3.21. The molecule has 0 aliphatic heterocycles. The van der Waals surface area contributed by atoms with Gasteiger partial charge < -0.3 is 5.32 Å². The van der Waals surface area contributed by atoms with Gasteiger partial charge in [0.1, 0.15) is 0 Å². The van der Waals surface area contributed by atoms with E-state index in [9.17, 15) is 13.2 Å². The van der Waals surface area contributed by atoms with Crippen molar-refractivity contribution >= 4 is 44.0 Å². The van der Waals surface area contributed by atoms with Crippen LogP contribution < -0.4 is 10.0 Å². The Labute approximate surface area is 184 Å². The molecule has 8 nitrogen and oxygen atoms in total. The van der Waals surface area contributed by atoms with E-state index in [1.807, 2.05) is 37.6 Å². The molecule has 0 unspecified atom stereocenters. The SMILES string of the molecule is Cc1nn(C)c2ncc(NC(=O)c3ccc(S(=O)(=O)NCCc4cccs4)cc3)cc12. The Morgan fingerprint density at radius 3 is 2.68 bits per heavy atom. The van der Waals surface area contributed by atoms with Crippen LogP contribution >= 0.6 is 11.3 Å². The summed E-state index contributed by atoms with van der Waals surface area (Å²) in [7, 11) is -1.83. The largest absolute Gasteiger partial charge is 0.321 e. The molecule has 0 aliphatic rings. The predicted octanol–water partition coefficient (Wildman–Crippen LogP) is 3.11. The second kappa shape index (κ2) is 8.58. The molecule has 10 heteroatoms. The van der Waals surface area contributed by atoms with Crippen molar-refractivity contribution in [3.63, 3.8) is 0 Å². The van der Waals surface area contributed by atoms with Crippen LogP contribution in [0, 0.1) is 6.92 Å². The van der Waals surface area contributed by atoms with Crippen molar-refractivity contribution in [1.82, 2.24) is 19.5 Å². The van der Waals surface area contributed by atoms with E-state index in [0.717, 1.165) is 21.6 Å². The Morgan fingerprint density at radius 2 is 1.97 bits per heavy atom. The quantitative estimate of drug-likeness (QED) is 0.445. The first-order valence-corrected chi connectivity index (χ1v) is 11.9. The molecule has 0 saturated heterocycles. The number of nitrogens with one attached hydrogen (secondary N) is 2. The zero-order valence-corrected chi connectivity index (χ0v) is 18.6. The molecule has 0 aliphatic carbocycles. The lowest BCUT2D eigenvalue weighted by atomic mass is 10.2. The third-order valence-electron chi connectivity index (χ3n) is 4.79. The molecule has 31 heavy (non-hydrogen) atoms. The molecule has 1 amide bonds. The van der Waals surface area contributed by atoms with E-state index in [0.29, 0.717) is 24.2 Å². The second-order valence-electron chi connectivity index (χ2n) is 7.01. The van der Waals surface area contributed by atoms with Crippen LogP contribution in [0.1, 0.15) is 20.9 Å². The maximum Gasteiger partial charge on any atom is 0.255 e. The minimum Gasteiger partial charge on any atom is -0.321 e. The fourth-order valence-corrected chi connectivity index (χ4v) is 4.95. The first-order valence-electron chi connectivity index (χ1n) is 9.56. The lowest BCUT2D eigenvalue weighted by Crippen LogP contribution is -2.26. The summed E-state index contributed by atoms with van der Waals surface area (Å²) in [5, 5.41) is 9.92. The van der Waals surface area contributed by atoms with Crippen LogP contribution in [-0.2, 0) is 23.5 Å². The average Bonchev–Trinajstić information content (AvgIpc) is 3.36. The van der Waals surface area contributed by atoms with Gasteiger partial charge in [-0.2, -0.15) is 5.10 Å². The van der Waals surface area contributed by atoms with Gasteiger partial charge in [-0.3, -0.25) is 9.48 Å². The highest BCUT2D eigenvalue weighted by Gasteiger charge is 2.15. The van der Waals surface area contributed by atoms with Crippen LogP contribution in [0.15, 0.2) is 58.9 Å². The molecule has 2 N–H and O–H groups in total. The minimum absolute atomic E-state index is 0.115. The third-order valence-corrected chi connectivity index (χ3v) is 7.20. The van der Waals surface area contributed by atoms with Crippen LogP contribution in [0.4, 0.5) is 5.69 Å². The zero-order chi connectivity index (χ0) is 22.0. The highest BCUT2D eigenvalue weighted by atomic mass is 32.2. The molecular weight excluding hydrogens is 434 g/mol. The zero-order valence-electron chi connectivity index (χ0n) is 17.0. The Morgan fingerprint density at radius 1 is 1.19 bits per heavy atom. The molecule has 4 rings (SSSR count). The first kappa shape index (κ1) is 21.2. The number of thiophene rings is 1. The Bertz CT molecular complexity index is 1330. The number of hydrogen-bond acceptors (Lipinski definition) is 6. The lowest BCUT2D eigenvalue weighted by molar-refractivity contribution is 0.102. The molecule has 4 aromatic rings. The van der Waals surface area contributed by atoms with E-state index >= 15 is 0 Å². The summed E-state index contributed by atoms with van der Waals surface area (Å²) < 4.78 is 29.2. The van der Waals surface area contributed by atoms with E-state index in [4.69, 9.17) is 0 Å². The number of pyridine rings is 1. The van der Waals surface area contributed by atoms with Gasteiger partial charge in [0.2, 0.25) is 10.0 Å². The van der Waals surface area contributed by atoms with Crippen molar-refractivity contribution < 1.29 is 13.2 Å². The van der Waals surface area contributed by atoms with Crippen molar-refractivity contribution in [3.05, 3.63) is 70.2 Å². The van der Waals surface area contributed by atoms with Crippen molar-refractivity contribution in [2.24, 2.45) is 7.05 Å². The van der Waals surface area contributed by atoms with Crippen LogP contribution in [-0.4, -0.2) is 35.6 Å². The number of anilines is 1. The minimum atomic E-state index is -3.64. The molecule has 160 valence electrons. The Balaban J connectivity index is 1.42. The van der Waals surface area contributed by atoms with Crippen LogP contribution in [0.3, 0.4) is 0 Å². The van der Waals surface area contributed by atoms with Gasteiger partial charge in [0, 0.05) is 29.4 Å². The maximum absolute atomic E-state index is 12.6. The van der Waals surface area contributed by atoms with E-state index < -0.39 is 10.0 Å². The monoisotopic (exact) mass is 455 g/mol. The van der Waals surface area contributed by atoms with Crippen LogP contribution in [0.2, 0.25) is 0 Å². The number of hydrogen-bond donors (Lipinski definition) is 2. The number of amides is 1. The lowest BCUT2D eigenvalue weighted by Gasteiger charge is -2.08. The van der Waals surface area contributed by atoms with Gasteiger partial charge in [0.15, 0.2) is 5.65 Å². The maximum atomic E-state index is 12.6. The smallest absolute Gasteiger partial charge is 0.255 e. The topological polar surface area (TPSA) is 106 Å². The van der Waals surface area contributed by atoms with Gasteiger partial charge in [-0.05, 0) is 55.1 Å². The van der Waals surface area contributed by atoms with Gasteiger partial charge in [0.05, 0.1) is 22.5 Å². The van der Waals surface area contributed by atoms with Crippen molar-refractivity contribution in [2.45, 2.75) is 18.2 Å². The number of aryl methyl sites for hydroxylation is 2. The molecule has 0 spiro atoms. The molecule has 0 bridgehead atoms. The number of carbonyl (C=O) groups is 1. The molecule has 0 saturated carbocycles. The number of rotatable bonds is 7. The second-order valence-corrected chi connectivity index (χ2v) is 9.81. The van der Waals surface area contributed by atoms with E-state index in [1.54, 1.807) is 22.2 Å². The standard InChI is InChI=1S/C21H21N5O3S2/c1-14-19-12-16(13-22-20(19)26(2)25-14)24-21(27)15-5-7-18(8-6-15)31(28,29)23-10-9-17-4-3-11-30-17/h3-8,11-13,23H,9-10H2,1-2H3,(H,24,27). The Hall–Kier alpha value is -3.08. The summed E-state index contributed by atoms with van der Waals surface area (Å²) in [4.78, 5) is 18.2. The summed E-state index contributed by atoms with van der Waals surface area (Å²) in [6.07, 6.45) is 2.20. The van der Waals surface area contributed by atoms with Crippen molar-refractivity contribution in [3.8, 4) is 0 Å². The number of fused-ring (bicyclic) bond motifs is 1. The van der Waals surface area contributed by atoms with E-state index in [1.165, 1.54) is 24.3 Å². The van der Waals surface area contributed by atoms with Crippen molar-refractivity contribution in [2.75, 3.05) is 11.9 Å². The molecule has 3 aromatic heterocycles. The first-order chi connectivity index (χ1) is 14.8. The molecule has 0 fully saturated rings. The summed E-state index contributed by atoms with van der Waals surface area (Å²) in [6.45, 7) is 2.19. The number of sulfonamides is 1. The number of benzene rings is 1. The van der Waals surface area contributed by atoms with Crippen LogP contribution in [0.5, 0.6) is 0 Å². The average molecular weight is 456 g/mol. The predicted molar refractivity (Wildman–Crippen MR) is 121 cm³/mol. The Kier molecular flexibility index (Phi) is 5.86. The van der Waals surface area contributed by atoms with Gasteiger partial charge in [-0.15, -0.1) is 11.3 Å². The molecule has 3 heterocycles. The van der Waals surface area contributed by atoms with E-state index in [2.05, 4.69) is 20.1 Å². The summed E-state index contributed by atoms with van der Waals surface area (Å²) in [6, 6.07) is 11.6. The number of nitrogens with zero attached hydrogens (tertiary/aromatic N) is 3. The number of carbonyl (C=O) groups excluding carboxylic acids is 1. The fraction of sp³-hybridized carbons (Fsp3) is 0.190. The number of aromatic nitrogens is 3. The highest BCUT2D eigenvalue weighted by Crippen LogP contribution is 2.20. The third kappa shape index (κ3) is 4.66. The highest BCUT2D eigenvalue weighted by molar-refractivity contribution is 7.89. The molecule has 0 atom stereocenters. The van der Waals surface area contributed by atoms with Gasteiger partial charge in [0.25, 0.3) is 5.91 Å². The van der Waals surface area contributed by atoms with Crippen LogP contribution in [0.25, 0.3) is 11.0 Å². The van der Waals surface area contributed by atoms with Gasteiger partial charge in [-0.1, -0.05) is 6.07 Å². The summed E-state index contributed by atoms with van der Waals surface area (Å²) in [5.41, 5.74) is 2.44. The molecule has 1 aromatic carbocycles. The molecule has 0 radical (unpaired) electrons. The van der Waals surface area contributed by atoms with Crippen molar-refractivity contribution in [1.29, 1.82) is 0 Å². The van der Waals surface area contributed by atoms with Gasteiger partial charge in [-0.25, -0.2) is 18.1 Å². The van der Waals surface area contributed by atoms with E-state index in [-0.39, 0.29) is 10.8 Å². The summed E-state index contributed by atoms with van der Waals surface area (Å²) >= 11 is 1.59. The van der Waals surface area contributed by atoms with Gasteiger partial charge >= 0.3 is 0 Å².